The van der Waals surface area contributed by atoms with Gasteiger partial charge in [0.1, 0.15) is 0 Å². The van der Waals surface area contributed by atoms with Crippen molar-refractivity contribution < 1.29 is 0 Å². The molecule has 0 saturated carbocycles. The number of halogens is 1. The van der Waals surface area contributed by atoms with Gasteiger partial charge in [0.05, 0.1) is 0 Å². The minimum absolute atomic E-state index is 0.0963. The Kier molecular flexibility index (Phi) is 5.89. The van der Waals surface area contributed by atoms with Crippen molar-refractivity contribution in [2.75, 3.05) is 5.75 Å². The van der Waals surface area contributed by atoms with E-state index in [1.54, 1.807) is 11.8 Å². The van der Waals surface area contributed by atoms with Gasteiger partial charge in [-0.2, -0.15) is 0 Å². The Bertz CT molecular complexity index is 542. The second-order valence-corrected chi connectivity index (χ2v) is 6.27. The van der Waals surface area contributed by atoms with Crippen LogP contribution in [0.1, 0.15) is 18.2 Å². The zero-order valence-electron chi connectivity index (χ0n) is 11.6. The van der Waals surface area contributed by atoms with Crippen LogP contribution in [0.4, 0.5) is 0 Å². The van der Waals surface area contributed by atoms with Gasteiger partial charge in [-0.05, 0) is 36.2 Å². The molecule has 0 amide bonds. The highest BCUT2D eigenvalue weighted by molar-refractivity contribution is 7.99. The van der Waals surface area contributed by atoms with Crippen LogP contribution in [0.3, 0.4) is 0 Å². The molecule has 0 fully saturated rings. The van der Waals surface area contributed by atoms with E-state index in [0.29, 0.717) is 0 Å². The van der Waals surface area contributed by atoms with Crippen LogP contribution >= 0.6 is 23.4 Å². The van der Waals surface area contributed by atoms with Gasteiger partial charge in [-0.1, -0.05) is 30.7 Å². The molecule has 0 aliphatic heterocycles. The number of nitrogens with zero attached hydrogens (tertiary/aromatic N) is 1. The molecule has 2 N–H and O–H groups in total. The van der Waals surface area contributed by atoms with E-state index in [1.165, 1.54) is 5.56 Å². The van der Waals surface area contributed by atoms with Gasteiger partial charge in [0, 0.05) is 40.0 Å². The van der Waals surface area contributed by atoms with Crippen LogP contribution in [0.25, 0.3) is 0 Å². The van der Waals surface area contributed by atoms with Crippen molar-refractivity contribution in [1.29, 1.82) is 0 Å². The average molecular weight is 307 g/mol. The summed E-state index contributed by atoms with van der Waals surface area (Å²) in [6.45, 7) is 2.13. The number of thioether (sulfide) groups is 1. The molecule has 20 heavy (non-hydrogen) atoms. The topological polar surface area (TPSA) is 38.9 Å². The summed E-state index contributed by atoms with van der Waals surface area (Å²) < 4.78 is 0. The molecule has 2 rings (SSSR count). The highest BCUT2D eigenvalue weighted by atomic mass is 35.5. The molecule has 1 atom stereocenters. The molecule has 4 heteroatoms. The molecular weight excluding hydrogens is 288 g/mol. The highest BCUT2D eigenvalue weighted by Gasteiger charge is 2.06. The third kappa shape index (κ3) is 4.82. The maximum absolute atomic E-state index is 6.17. The maximum Gasteiger partial charge on any atom is 0.0419 e. The Morgan fingerprint density at radius 1 is 1.30 bits per heavy atom. The summed E-state index contributed by atoms with van der Waals surface area (Å²) in [6, 6.07) is 12.2. The van der Waals surface area contributed by atoms with Crippen LogP contribution in [-0.2, 0) is 12.8 Å². The van der Waals surface area contributed by atoms with Crippen LogP contribution in [0.5, 0.6) is 0 Å². The minimum atomic E-state index is 0.0963. The summed E-state index contributed by atoms with van der Waals surface area (Å²) in [4.78, 5) is 5.60. The zero-order valence-corrected chi connectivity index (χ0v) is 13.1. The quantitative estimate of drug-likeness (QED) is 0.821. The molecule has 0 saturated heterocycles. The predicted molar refractivity (Wildman–Crippen MR) is 87.5 cm³/mol. The SMILES string of the molecule is CCc1ccc(CC(N)CSc2cccc(Cl)c2)nc1. The molecule has 2 aromatic rings. The Balaban J connectivity index is 1.84. The second-order valence-electron chi connectivity index (χ2n) is 4.74. The predicted octanol–water partition coefficient (Wildman–Crippen LogP) is 3.96. The first kappa shape index (κ1) is 15.4. The van der Waals surface area contributed by atoms with Crippen LogP contribution in [0.2, 0.25) is 5.02 Å². The van der Waals surface area contributed by atoms with Gasteiger partial charge < -0.3 is 5.73 Å². The fourth-order valence-corrected chi connectivity index (χ4v) is 3.04. The number of rotatable bonds is 6. The smallest absolute Gasteiger partial charge is 0.0419 e. The van der Waals surface area contributed by atoms with E-state index in [1.807, 2.05) is 24.4 Å². The second kappa shape index (κ2) is 7.67. The lowest BCUT2D eigenvalue weighted by Gasteiger charge is -2.11. The van der Waals surface area contributed by atoms with E-state index in [2.05, 4.69) is 30.1 Å². The maximum atomic E-state index is 6.17. The summed E-state index contributed by atoms with van der Waals surface area (Å²) in [7, 11) is 0. The first-order valence-electron chi connectivity index (χ1n) is 6.75. The number of pyridine rings is 1. The zero-order chi connectivity index (χ0) is 14.4. The molecule has 1 unspecified atom stereocenters. The number of aromatic nitrogens is 1. The van der Waals surface area contributed by atoms with Crippen LogP contribution < -0.4 is 5.73 Å². The van der Waals surface area contributed by atoms with Gasteiger partial charge >= 0.3 is 0 Å². The van der Waals surface area contributed by atoms with Crippen molar-refractivity contribution in [3.8, 4) is 0 Å². The van der Waals surface area contributed by atoms with Crippen molar-refractivity contribution in [3.63, 3.8) is 0 Å². The number of nitrogens with two attached hydrogens (primary N) is 1. The van der Waals surface area contributed by atoms with Gasteiger partial charge in [-0.15, -0.1) is 11.8 Å². The molecule has 0 bridgehead atoms. The number of benzene rings is 1. The van der Waals surface area contributed by atoms with Gasteiger partial charge in [0.25, 0.3) is 0 Å². The first-order valence-corrected chi connectivity index (χ1v) is 8.11. The largest absolute Gasteiger partial charge is 0.327 e. The normalized spacial score (nSPS) is 12.3. The van der Waals surface area contributed by atoms with Crippen molar-refractivity contribution in [2.24, 2.45) is 5.73 Å². The molecule has 2 nitrogen and oxygen atoms in total. The lowest BCUT2D eigenvalue weighted by atomic mass is 10.1. The van der Waals surface area contributed by atoms with E-state index in [0.717, 1.165) is 34.2 Å². The van der Waals surface area contributed by atoms with Crippen molar-refractivity contribution in [1.82, 2.24) is 4.98 Å². The third-order valence-electron chi connectivity index (χ3n) is 3.03. The Labute approximate surface area is 129 Å². The van der Waals surface area contributed by atoms with Gasteiger partial charge in [0.2, 0.25) is 0 Å². The van der Waals surface area contributed by atoms with E-state index in [4.69, 9.17) is 17.3 Å². The number of hydrogen-bond acceptors (Lipinski definition) is 3. The average Bonchev–Trinajstić information content (AvgIpc) is 2.46. The van der Waals surface area contributed by atoms with Gasteiger partial charge in [0.15, 0.2) is 0 Å². The lowest BCUT2D eigenvalue weighted by molar-refractivity contribution is 0.731. The molecule has 0 spiro atoms. The highest BCUT2D eigenvalue weighted by Crippen LogP contribution is 2.22. The Hall–Kier alpha value is -1.03. The minimum Gasteiger partial charge on any atom is -0.327 e. The summed E-state index contributed by atoms with van der Waals surface area (Å²) in [5.74, 6) is 0.859. The van der Waals surface area contributed by atoms with Gasteiger partial charge in [-0.3, -0.25) is 4.98 Å². The summed E-state index contributed by atoms with van der Waals surface area (Å²) in [5, 5.41) is 0.764. The summed E-state index contributed by atoms with van der Waals surface area (Å²) in [5.41, 5.74) is 8.49. The molecule has 0 aliphatic carbocycles. The molecule has 106 valence electrons. The van der Waals surface area contributed by atoms with E-state index in [-0.39, 0.29) is 6.04 Å². The van der Waals surface area contributed by atoms with Crippen molar-refractivity contribution >= 4 is 23.4 Å². The molecule has 1 aromatic carbocycles. The number of aryl methyl sites for hydroxylation is 1. The first-order chi connectivity index (χ1) is 9.67. The van der Waals surface area contributed by atoms with Gasteiger partial charge in [-0.25, -0.2) is 0 Å². The Morgan fingerprint density at radius 3 is 2.80 bits per heavy atom. The van der Waals surface area contributed by atoms with E-state index < -0.39 is 0 Å². The van der Waals surface area contributed by atoms with E-state index >= 15 is 0 Å². The molecule has 0 aliphatic rings. The third-order valence-corrected chi connectivity index (χ3v) is 4.44. The van der Waals surface area contributed by atoms with Crippen molar-refractivity contribution in [2.45, 2.75) is 30.7 Å². The molecule has 1 aromatic heterocycles. The Morgan fingerprint density at radius 2 is 2.15 bits per heavy atom. The van der Waals surface area contributed by atoms with Crippen LogP contribution in [-0.4, -0.2) is 16.8 Å². The standard InChI is InChI=1S/C16H19ClN2S/c1-2-12-6-7-15(19-10-12)9-14(18)11-20-16-5-3-4-13(17)8-16/h3-8,10,14H,2,9,11,18H2,1H3. The number of hydrogen-bond donors (Lipinski definition) is 1. The lowest BCUT2D eigenvalue weighted by Crippen LogP contribution is -2.26. The monoisotopic (exact) mass is 306 g/mol. The fraction of sp³-hybridized carbons (Fsp3) is 0.312. The molecule has 0 radical (unpaired) electrons. The molecular formula is C16H19ClN2S. The summed E-state index contributed by atoms with van der Waals surface area (Å²) >= 11 is 7.70. The fourth-order valence-electron chi connectivity index (χ4n) is 1.87. The van der Waals surface area contributed by atoms with Crippen LogP contribution in [0.15, 0.2) is 47.5 Å². The van der Waals surface area contributed by atoms with Crippen LogP contribution in [0, 0.1) is 0 Å². The summed E-state index contributed by atoms with van der Waals surface area (Å²) in [6.07, 6.45) is 3.76. The van der Waals surface area contributed by atoms with Crippen molar-refractivity contribution in [3.05, 3.63) is 58.9 Å². The van der Waals surface area contributed by atoms with E-state index in [9.17, 15) is 0 Å². The molecule has 1 heterocycles.